The summed E-state index contributed by atoms with van der Waals surface area (Å²) in [6.07, 6.45) is 4.60. The lowest BCUT2D eigenvalue weighted by molar-refractivity contribution is 0.278. The van der Waals surface area contributed by atoms with Gasteiger partial charge in [-0.3, -0.25) is 4.99 Å². The molecule has 2 heteroatoms. The van der Waals surface area contributed by atoms with Gasteiger partial charge in [0.1, 0.15) is 0 Å². The van der Waals surface area contributed by atoms with E-state index in [1.807, 2.05) is 13.1 Å². The average Bonchev–Trinajstić information content (AvgIpc) is 2.78. The van der Waals surface area contributed by atoms with Crippen molar-refractivity contribution in [3.63, 3.8) is 0 Å². The highest BCUT2D eigenvalue weighted by Crippen LogP contribution is 2.55. The molecule has 0 unspecified atom stereocenters. The molecule has 2 rings (SSSR count). The van der Waals surface area contributed by atoms with Gasteiger partial charge in [0.25, 0.3) is 0 Å². The van der Waals surface area contributed by atoms with E-state index in [1.54, 1.807) is 0 Å². The Morgan fingerprint density at radius 1 is 1.46 bits per heavy atom. The molecule has 72 valence electrons. The highest BCUT2D eigenvalue weighted by atomic mass is 15.1. The lowest BCUT2D eigenvalue weighted by Gasteiger charge is -2.31. The van der Waals surface area contributed by atoms with Gasteiger partial charge >= 0.3 is 0 Å². The lowest BCUT2D eigenvalue weighted by atomic mass is 9.94. The average molecular weight is 178 g/mol. The van der Waals surface area contributed by atoms with Crippen LogP contribution in [0.4, 0.5) is 0 Å². The summed E-state index contributed by atoms with van der Waals surface area (Å²) in [5.74, 6) is 0. The maximum absolute atomic E-state index is 4.54. The summed E-state index contributed by atoms with van der Waals surface area (Å²) in [5.41, 5.74) is 3.29. The van der Waals surface area contributed by atoms with Gasteiger partial charge in [-0.15, -0.1) is 0 Å². The van der Waals surface area contributed by atoms with Gasteiger partial charge in [0.2, 0.25) is 0 Å². The van der Waals surface area contributed by atoms with E-state index < -0.39 is 0 Å². The fourth-order valence-corrected chi connectivity index (χ4v) is 2.50. The van der Waals surface area contributed by atoms with Crippen LogP contribution in [-0.2, 0) is 0 Å². The Bertz CT molecular complexity index is 272. The van der Waals surface area contributed by atoms with Crippen molar-refractivity contribution >= 4 is 6.21 Å². The van der Waals surface area contributed by atoms with Gasteiger partial charge in [-0.25, -0.2) is 0 Å². The van der Waals surface area contributed by atoms with Crippen molar-refractivity contribution in [3.05, 3.63) is 11.3 Å². The summed E-state index contributed by atoms with van der Waals surface area (Å²) in [5, 5.41) is 0. The van der Waals surface area contributed by atoms with Crippen molar-refractivity contribution in [1.82, 2.24) is 4.90 Å². The van der Waals surface area contributed by atoms with Crippen LogP contribution in [-0.4, -0.2) is 31.3 Å². The number of nitrogens with zero attached hydrogens (tertiary/aromatic N) is 2. The zero-order valence-corrected chi connectivity index (χ0v) is 8.80. The molecule has 1 fully saturated rings. The largest absolute Gasteiger partial charge is 0.301 e. The smallest absolute Gasteiger partial charge is 0.0476 e. The summed E-state index contributed by atoms with van der Waals surface area (Å²) >= 11 is 0. The molecule has 1 saturated carbocycles. The zero-order chi connectivity index (χ0) is 9.47. The van der Waals surface area contributed by atoms with Crippen LogP contribution >= 0.6 is 0 Å². The first-order valence-electron chi connectivity index (χ1n) is 5.05. The minimum atomic E-state index is 0.448. The van der Waals surface area contributed by atoms with E-state index in [0.29, 0.717) is 5.41 Å². The van der Waals surface area contributed by atoms with Gasteiger partial charge in [-0.2, -0.15) is 0 Å². The molecule has 1 aliphatic heterocycles. The van der Waals surface area contributed by atoms with Crippen LogP contribution in [0.3, 0.4) is 0 Å². The van der Waals surface area contributed by atoms with Crippen LogP contribution in [0.1, 0.15) is 26.7 Å². The Kier molecular flexibility index (Phi) is 2.03. The van der Waals surface area contributed by atoms with Crippen molar-refractivity contribution in [2.45, 2.75) is 26.7 Å². The fourth-order valence-electron chi connectivity index (χ4n) is 2.50. The summed E-state index contributed by atoms with van der Waals surface area (Å²) in [6.45, 7) is 6.53. The van der Waals surface area contributed by atoms with Crippen molar-refractivity contribution in [3.8, 4) is 0 Å². The second-order valence-corrected chi connectivity index (χ2v) is 4.47. The van der Waals surface area contributed by atoms with E-state index >= 15 is 0 Å². The predicted octanol–water partition coefficient (Wildman–Crippen LogP) is 2.08. The van der Waals surface area contributed by atoms with Gasteiger partial charge in [-0.05, 0) is 39.3 Å². The molecule has 1 heterocycles. The Morgan fingerprint density at radius 3 is 2.69 bits per heavy atom. The minimum absolute atomic E-state index is 0.448. The van der Waals surface area contributed by atoms with Crippen LogP contribution in [0.15, 0.2) is 16.3 Å². The van der Waals surface area contributed by atoms with E-state index in [9.17, 15) is 0 Å². The SMILES string of the molecule is CC=NC1=C(C)CN(C)CC12CC2. The first kappa shape index (κ1) is 8.95. The molecular weight excluding hydrogens is 160 g/mol. The molecule has 0 aromatic heterocycles. The van der Waals surface area contributed by atoms with Gasteiger partial charge in [-0.1, -0.05) is 0 Å². The Morgan fingerprint density at radius 2 is 2.15 bits per heavy atom. The number of hydrogen-bond acceptors (Lipinski definition) is 2. The number of hydrogen-bond donors (Lipinski definition) is 0. The van der Waals surface area contributed by atoms with Crippen LogP contribution in [0.5, 0.6) is 0 Å². The maximum atomic E-state index is 4.54. The van der Waals surface area contributed by atoms with Gasteiger partial charge in [0.15, 0.2) is 0 Å². The quantitative estimate of drug-likeness (QED) is 0.561. The van der Waals surface area contributed by atoms with E-state index in [-0.39, 0.29) is 0 Å². The Balaban J connectivity index is 2.32. The second-order valence-electron chi connectivity index (χ2n) is 4.47. The molecule has 2 aliphatic rings. The van der Waals surface area contributed by atoms with Crippen molar-refractivity contribution in [1.29, 1.82) is 0 Å². The highest BCUT2D eigenvalue weighted by Gasteiger charge is 2.49. The first-order valence-corrected chi connectivity index (χ1v) is 5.05. The van der Waals surface area contributed by atoms with E-state index in [0.717, 1.165) is 6.54 Å². The molecule has 0 amide bonds. The summed E-state index contributed by atoms with van der Waals surface area (Å²) < 4.78 is 0. The van der Waals surface area contributed by atoms with Crippen molar-refractivity contribution < 1.29 is 0 Å². The van der Waals surface area contributed by atoms with Crippen molar-refractivity contribution in [2.24, 2.45) is 10.4 Å². The van der Waals surface area contributed by atoms with Crippen molar-refractivity contribution in [2.75, 3.05) is 20.1 Å². The van der Waals surface area contributed by atoms with E-state index in [1.165, 1.54) is 30.7 Å². The Hall–Kier alpha value is -0.630. The third-order valence-corrected chi connectivity index (χ3v) is 3.10. The number of rotatable bonds is 1. The second kappa shape index (κ2) is 2.95. The van der Waals surface area contributed by atoms with Crippen LogP contribution in [0, 0.1) is 5.41 Å². The first-order chi connectivity index (χ1) is 6.18. The van der Waals surface area contributed by atoms with Gasteiger partial charge < -0.3 is 4.90 Å². The van der Waals surface area contributed by atoms with Crippen LogP contribution in [0.25, 0.3) is 0 Å². The third-order valence-electron chi connectivity index (χ3n) is 3.10. The van der Waals surface area contributed by atoms with E-state index in [2.05, 4.69) is 23.9 Å². The van der Waals surface area contributed by atoms with Crippen LogP contribution in [0.2, 0.25) is 0 Å². The molecule has 1 spiro atoms. The topological polar surface area (TPSA) is 15.6 Å². The van der Waals surface area contributed by atoms with E-state index in [4.69, 9.17) is 0 Å². The summed E-state index contributed by atoms with van der Waals surface area (Å²) in [4.78, 5) is 6.96. The highest BCUT2D eigenvalue weighted by molar-refractivity contribution is 5.56. The van der Waals surface area contributed by atoms with Gasteiger partial charge in [0, 0.05) is 30.4 Å². The molecule has 0 radical (unpaired) electrons. The predicted molar refractivity (Wildman–Crippen MR) is 56.0 cm³/mol. The normalized spacial score (nSPS) is 27.6. The Labute approximate surface area is 80.3 Å². The molecule has 1 aliphatic carbocycles. The molecule has 0 saturated heterocycles. The molecule has 13 heavy (non-hydrogen) atoms. The zero-order valence-electron chi connectivity index (χ0n) is 8.80. The monoisotopic (exact) mass is 178 g/mol. The number of aliphatic imine (C=N–C) groups is 1. The van der Waals surface area contributed by atoms with Crippen LogP contribution < -0.4 is 0 Å². The maximum Gasteiger partial charge on any atom is 0.0476 e. The minimum Gasteiger partial charge on any atom is -0.301 e. The molecule has 0 aromatic carbocycles. The fraction of sp³-hybridized carbons (Fsp3) is 0.727. The molecule has 0 atom stereocenters. The third kappa shape index (κ3) is 1.44. The molecule has 0 aromatic rings. The van der Waals surface area contributed by atoms with Gasteiger partial charge in [0.05, 0.1) is 0 Å². The lowest BCUT2D eigenvalue weighted by Crippen LogP contribution is -2.34. The summed E-state index contributed by atoms with van der Waals surface area (Å²) in [7, 11) is 2.20. The standard InChI is InChI=1S/C11H18N2/c1-4-12-10-9(2)7-13(3)8-11(10)5-6-11/h4H,5-8H2,1-3H3. The summed E-state index contributed by atoms with van der Waals surface area (Å²) in [6, 6.07) is 0. The number of likely N-dealkylation sites (N-methyl/N-ethyl adjacent to an activating group) is 1. The molecule has 2 nitrogen and oxygen atoms in total. The molecular formula is C11H18N2. The molecule has 0 bridgehead atoms. The molecule has 0 N–H and O–H groups in total.